The van der Waals surface area contributed by atoms with Crippen LogP contribution in [0.2, 0.25) is 0 Å². The van der Waals surface area contributed by atoms with Crippen LogP contribution in [0.25, 0.3) is 0 Å². The number of carbonyl (C=O) groups is 1. The number of anilines is 1. The van der Waals surface area contributed by atoms with Gasteiger partial charge in [-0.25, -0.2) is 0 Å². The molecule has 1 aromatic heterocycles. The van der Waals surface area contributed by atoms with Crippen LogP contribution >= 0.6 is 23.1 Å². The van der Waals surface area contributed by atoms with Gasteiger partial charge in [-0.2, -0.15) is 0 Å². The molecule has 0 spiro atoms. The monoisotopic (exact) mass is 510 g/mol. The molecule has 0 saturated carbocycles. The van der Waals surface area contributed by atoms with E-state index in [1.165, 1.54) is 14.6 Å². The predicted octanol–water partition coefficient (Wildman–Crippen LogP) is 5.55. The van der Waals surface area contributed by atoms with E-state index >= 15 is 0 Å². The van der Waals surface area contributed by atoms with Gasteiger partial charge in [0.05, 0.1) is 30.7 Å². The van der Waals surface area contributed by atoms with Crippen molar-refractivity contribution < 1.29 is 14.3 Å². The summed E-state index contributed by atoms with van der Waals surface area (Å²) in [5, 5.41) is 0.356. The first kappa shape index (κ1) is 25.6. The van der Waals surface area contributed by atoms with E-state index in [0.29, 0.717) is 11.8 Å². The van der Waals surface area contributed by atoms with Crippen LogP contribution < -0.4 is 14.4 Å². The Hall–Kier alpha value is -2.48. The highest BCUT2D eigenvalue weighted by Crippen LogP contribution is 2.45. The summed E-state index contributed by atoms with van der Waals surface area (Å²) in [7, 11) is 5.31. The Balaban J connectivity index is 1.41. The van der Waals surface area contributed by atoms with Gasteiger partial charge in [0.2, 0.25) is 5.91 Å². The van der Waals surface area contributed by atoms with Gasteiger partial charge >= 0.3 is 0 Å². The van der Waals surface area contributed by atoms with Gasteiger partial charge in [0.1, 0.15) is 0 Å². The Morgan fingerprint density at radius 2 is 1.83 bits per heavy atom. The molecule has 2 aromatic carbocycles. The van der Waals surface area contributed by atoms with Crippen LogP contribution in [0.4, 0.5) is 5.69 Å². The van der Waals surface area contributed by atoms with Crippen molar-refractivity contribution in [1.82, 2.24) is 4.90 Å². The average molecular weight is 511 g/mol. The highest BCUT2D eigenvalue weighted by Gasteiger charge is 2.31. The maximum atomic E-state index is 13.5. The fraction of sp³-hybridized carbons (Fsp3) is 0.393. The first-order valence-corrected chi connectivity index (χ1v) is 13.7. The van der Waals surface area contributed by atoms with Gasteiger partial charge in [-0.15, -0.1) is 23.1 Å². The van der Waals surface area contributed by atoms with Crippen molar-refractivity contribution >= 4 is 34.7 Å². The number of likely N-dealkylation sites (N-methyl/N-ethyl adjacent to an activating group) is 1. The number of fused-ring (bicyclic) bond motifs is 1. The molecule has 0 aliphatic carbocycles. The van der Waals surface area contributed by atoms with Crippen LogP contribution in [0.5, 0.6) is 11.5 Å². The van der Waals surface area contributed by atoms with Crippen LogP contribution in [-0.4, -0.2) is 57.0 Å². The molecule has 5 nitrogen and oxygen atoms in total. The second-order valence-corrected chi connectivity index (χ2v) is 11.6. The van der Waals surface area contributed by atoms with E-state index in [1.807, 2.05) is 47.2 Å². The van der Waals surface area contributed by atoms with Crippen molar-refractivity contribution in [3.63, 3.8) is 0 Å². The average Bonchev–Trinajstić information content (AvgIpc) is 3.30. The van der Waals surface area contributed by atoms with Crippen LogP contribution in [0.15, 0.2) is 58.8 Å². The van der Waals surface area contributed by atoms with Crippen molar-refractivity contribution in [2.75, 3.05) is 45.8 Å². The van der Waals surface area contributed by atoms with Gasteiger partial charge in [0.25, 0.3) is 0 Å². The third-order valence-corrected chi connectivity index (χ3v) is 8.95. The smallest absolute Gasteiger partial charge is 0.241 e. The molecule has 0 saturated heterocycles. The molecule has 1 unspecified atom stereocenters. The Bertz CT molecular complexity index is 1130. The number of benzene rings is 2. The minimum absolute atomic E-state index is 0.167. The molecule has 0 fully saturated rings. The predicted molar refractivity (Wildman–Crippen MR) is 147 cm³/mol. The zero-order valence-electron chi connectivity index (χ0n) is 21.0. The lowest BCUT2D eigenvalue weighted by atomic mass is 10.1. The Morgan fingerprint density at radius 3 is 2.54 bits per heavy atom. The number of methoxy groups -OCH3 is 2. The zero-order chi connectivity index (χ0) is 24.8. The molecule has 35 heavy (non-hydrogen) atoms. The van der Waals surface area contributed by atoms with Gasteiger partial charge in [0, 0.05) is 23.2 Å². The molecule has 1 aliphatic heterocycles. The lowest BCUT2D eigenvalue weighted by molar-refractivity contribution is -0.119. The summed E-state index contributed by atoms with van der Waals surface area (Å²) >= 11 is 3.77. The summed E-state index contributed by atoms with van der Waals surface area (Å²) in [6.45, 7) is 4.10. The molecule has 4 rings (SSSR count). The van der Waals surface area contributed by atoms with Crippen molar-refractivity contribution in [3.05, 3.63) is 70.6 Å². The number of aryl methyl sites for hydroxylation is 1. The first-order valence-electron chi connectivity index (χ1n) is 12.0. The third kappa shape index (κ3) is 6.40. The minimum Gasteiger partial charge on any atom is -0.493 e. The second kappa shape index (κ2) is 12.0. The molecule has 1 aliphatic rings. The van der Waals surface area contributed by atoms with Gasteiger partial charge in [-0.3, -0.25) is 9.69 Å². The Kier molecular flexibility index (Phi) is 8.76. The standard InChI is InChI=1S/C28H34N2O3S2/c1-5-22-17-24-28(34-22)35-23(15-20-9-7-6-8-10-20)18-30(24)27(31)19-29(2)14-13-21-11-12-25(32-3)26(16-21)33-4/h6-12,16-17,23H,5,13-15,18-19H2,1-4H3. The summed E-state index contributed by atoms with van der Waals surface area (Å²) in [5.74, 6) is 1.63. The molecule has 1 atom stereocenters. The molecule has 1 amide bonds. The quantitative estimate of drug-likeness (QED) is 0.358. The molecule has 2 heterocycles. The van der Waals surface area contributed by atoms with Crippen molar-refractivity contribution in [1.29, 1.82) is 0 Å². The number of ether oxygens (including phenoxy) is 2. The number of rotatable bonds is 10. The molecular weight excluding hydrogens is 476 g/mol. The van der Waals surface area contributed by atoms with Gasteiger partial charge in [-0.05, 0) is 55.6 Å². The molecule has 186 valence electrons. The fourth-order valence-electron chi connectivity index (χ4n) is 4.32. The lowest BCUT2D eigenvalue weighted by Crippen LogP contribution is -2.44. The van der Waals surface area contributed by atoms with Crippen LogP contribution in [0, 0.1) is 0 Å². The maximum Gasteiger partial charge on any atom is 0.241 e. The largest absolute Gasteiger partial charge is 0.493 e. The van der Waals surface area contributed by atoms with Crippen molar-refractivity contribution in [2.24, 2.45) is 0 Å². The topological polar surface area (TPSA) is 42.0 Å². The van der Waals surface area contributed by atoms with E-state index in [9.17, 15) is 4.79 Å². The highest BCUT2D eigenvalue weighted by molar-refractivity contribution is 8.02. The maximum absolute atomic E-state index is 13.5. The second-order valence-electron chi connectivity index (χ2n) is 8.85. The molecular formula is C28H34N2O3S2. The summed E-state index contributed by atoms with van der Waals surface area (Å²) in [6, 6.07) is 18.8. The highest BCUT2D eigenvalue weighted by atomic mass is 32.2. The van der Waals surface area contributed by atoms with E-state index in [1.54, 1.807) is 14.2 Å². The van der Waals surface area contributed by atoms with E-state index in [4.69, 9.17) is 9.47 Å². The SMILES string of the molecule is CCc1cc2c(s1)SC(Cc1ccccc1)CN2C(=O)CN(C)CCc1ccc(OC)c(OC)c1. The van der Waals surface area contributed by atoms with Gasteiger partial charge < -0.3 is 14.4 Å². The zero-order valence-corrected chi connectivity index (χ0v) is 22.6. The fourth-order valence-corrected chi connectivity index (χ4v) is 7.16. The third-order valence-electron chi connectivity index (χ3n) is 6.27. The minimum atomic E-state index is 0.167. The van der Waals surface area contributed by atoms with E-state index in [-0.39, 0.29) is 5.91 Å². The molecule has 0 N–H and O–H groups in total. The number of hydrogen-bond acceptors (Lipinski definition) is 6. The van der Waals surface area contributed by atoms with Gasteiger partial charge in [0.15, 0.2) is 11.5 Å². The van der Waals surface area contributed by atoms with E-state index < -0.39 is 0 Å². The summed E-state index contributed by atoms with van der Waals surface area (Å²) < 4.78 is 12.0. The van der Waals surface area contributed by atoms with Crippen LogP contribution in [0.3, 0.4) is 0 Å². The number of thiophene rings is 1. The molecule has 0 radical (unpaired) electrons. The summed E-state index contributed by atoms with van der Waals surface area (Å²) in [4.78, 5) is 19.0. The number of amides is 1. The number of nitrogens with zero attached hydrogens (tertiary/aromatic N) is 2. The molecule has 3 aromatic rings. The first-order chi connectivity index (χ1) is 17.0. The van der Waals surface area contributed by atoms with Gasteiger partial charge in [-0.1, -0.05) is 43.3 Å². The van der Waals surface area contributed by atoms with Crippen LogP contribution in [-0.2, 0) is 24.1 Å². The number of thioether (sulfide) groups is 1. The number of hydrogen-bond donors (Lipinski definition) is 0. The van der Waals surface area contributed by atoms with Crippen LogP contribution in [0.1, 0.15) is 22.9 Å². The Labute approximate surface area is 217 Å². The normalized spacial score (nSPS) is 15.2. The lowest BCUT2D eigenvalue weighted by Gasteiger charge is -2.33. The number of carbonyl (C=O) groups excluding carboxylic acids is 1. The van der Waals surface area contributed by atoms with E-state index in [0.717, 1.165) is 55.1 Å². The summed E-state index contributed by atoms with van der Waals surface area (Å²) in [6.07, 6.45) is 2.79. The molecule has 7 heteroatoms. The van der Waals surface area contributed by atoms with E-state index in [2.05, 4.69) is 54.3 Å². The van der Waals surface area contributed by atoms with Crippen molar-refractivity contribution in [3.8, 4) is 11.5 Å². The Morgan fingerprint density at radius 1 is 1.06 bits per heavy atom. The van der Waals surface area contributed by atoms with Crippen molar-refractivity contribution in [2.45, 2.75) is 35.6 Å². The summed E-state index contributed by atoms with van der Waals surface area (Å²) in [5.41, 5.74) is 3.58. The molecule has 0 bridgehead atoms.